The number of esters is 1. The minimum atomic E-state index is -0.208. The molecular formula is C17H26O3. The summed E-state index contributed by atoms with van der Waals surface area (Å²) in [5, 5.41) is 0. The van der Waals surface area contributed by atoms with Crippen molar-refractivity contribution in [1.29, 1.82) is 0 Å². The molecule has 0 saturated carbocycles. The van der Waals surface area contributed by atoms with E-state index in [1.54, 1.807) is 18.4 Å². The lowest BCUT2D eigenvalue weighted by molar-refractivity contribution is -0.144. The van der Waals surface area contributed by atoms with E-state index < -0.39 is 0 Å². The Balaban J connectivity index is 1.93. The zero-order valence-corrected chi connectivity index (χ0v) is 12.5. The van der Waals surface area contributed by atoms with Gasteiger partial charge in [-0.25, -0.2) is 0 Å². The predicted octanol–water partition coefficient (Wildman–Crippen LogP) is 5.02. The first-order valence-electron chi connectivity index (χ1n) is 7.66. The highest BCUT2D eigenvalue weighted by Gasteiger charge is 2.01. The summed E-state index contributed by atoms with van der Waals surface area (Å²) in [6.45, 7) is 2.45. The van der Waals surface area contributed by atoms with Gasteiger partial charge in [0.1, 0.15) is 12.4 Å². The number of ether oxygens (including phenoxy) is 1. The van der Waals surface area contributed by atoms with Gasteiger partial charge in [0.2, 0.25) is 0 Å². The smallest absolute Gasteiger partial charge is 0.310 e. The van der Waals surface area contributed by atoms with Crippen molar-refractivity contribution in [3.63, 3.8) is 0 Å². The van der Waals surface area contributed by atoms with E-state index in [1.807, 2.05) is 6.08 Å². The number of carbonyl (C=O) groups excluding carboxylic acids is 1. The van der Waals surface area contributed by atoms with Gasteiger partial charge in [-0.05, 0) is 25.0 Å². The molecule has 0 atom stereocenters. The number of furan rings is 1. The molecule has 1 aromatic heterocycles. The molecule has 1 aromatic rings. The van der Waals surface area contributed by atoms with E-state index in [-0.39, 0.29) is 12.6 Å². The molecule has 0 aliphatic carbocycles. The molecule has 0 amide bonds. The fraction of sp³-hybridized carbons (Fsp3) is 0.588. The van der Waals surface area contributed by atoms with Gasteiger partial charge in [0, 0.05) is 0 Å². The van der Waals surface area contributed by atoms with Crippen LogP contribution < -0.4 is 0 Å². The third-order valence-corrected chi connectivity index (χ3v) is 3.13. The fourth-order valence-corrected chi connectivity index (χ4v) is 1.95. The molecule has 0 aliphatic rings. The molecule has 3 nitrogen and oxygen atoms in total. The van der Waals surface area contributed by atoms with Crippen molar-refractivity contribution in [3.05, 3.63) is 36.3 Å². The van der Waals surface area contributed by atoms with Gasteiger partial charge in [0.15, 0.2) is 0 Å². The molecule has 1 rings (SSSR count). The van der Waals surface area contributed by atoms with Crippen LogP contribution in [0.25, 0.3) is 0 Å². The Morgan fingerprint density at radius 2 is 2.00 bits per heavy atom. The Hall–Kier alpha value is -1.51. The van der Waals surface area contributed by atoms with Crippen molar-refractivity contribution in [2.75, 3.05) is 0 Å². The molecule has 0 bridgehead atoms. The maximum absolute atomic E-state index is 11.4. The summed E-state index contributed by atoms with van der Waals surface area (Å²) < 4.78 is 10.2. The highest BCUT2D eigenvalue weighted by atomic mass is 16.5. The lowest BCUT2D eigenvalue weighted by atomic mass is 10.1. The first-order valence-corrected chi connectivity index (χ1v) is 7.66. The van der Waals surface area contributed by atoms with Gasteiger partial charge >= 0.3 is 5.97 Å². The minimum Gasteiger partial charge on any atom is -0.466 e. The number of hydrogen-bond donors (Lipinski definition) is 0. The molecule has 0 aromatic carbocycles. The van der Waals surface area contributed by atoms with Gasteiger partial charge < -0.3 is 9.15 Å². The molecule has 0 fully saturated rings. The quantitative estimate of drug-likeness (QED) is 0.324. The molecule has 0 saturated heterocycles. The van der Waals surface area contributed by atoms with Crippen molar-refractivity contribution in [3.8, 4) is 0 Å². The van der Waals surface area contributed by atoms with Crippen LogP contribution in [0.5, 0.6) is 0 Å². The third kappa shape index (κ3) is 8.57. The Kier molecular flexibility index (Phi) is 9.37. The van der Waals surface area contributed by atoms with E-state index in [0.29, 0.717) is 12.2 Å². The number of hydrogen-bond acceptors (Lipinski definition) is 3. The van der Waals surface area contributed by atoms with Gasteiger partial charge in [0.05, 0.1) is 12.7 Å². The van der Waals surface area contributed by atoms with Gasteiger partial charge in [-0.15, -0.1) is 0 Å². The van der Waals surface area contributed by atoms with Crippen LogP contribution in [0.4, 0.5) is 0 Å². The summed E-state index contributed by atoms with van der Waals surface area (Å²) in [6, 6.07) is 3.57. The number of allylic oxidation sites excluding steroid dienone is 1. The zero-order chi connectivity index (χ0) is 14.5. The summed E-state index contributed by atoms with van der Waals surface area (Å²) in [7, 11) is 0. The lowest BCUT2D eigenvalue weighted by Crippen LogP contribution is -2.02. The maximum Gasteiger partial charge on any atom is 0.310 e. The van der Waals surface area contributed by atoms with Gasteiger partial charge in [-0.2, -0.15) is 0 Å². The van der Waals surface area contributed by atoms with Crippen LogP contribution in [0.2, 0.25) is 0 Å². The van der Waals surface area contributed by atoms with E-state index in [2.05, 4.69) is 13.0 Å². The summed E-state index contributed by atoms with van der Waals surface area (Å²) in [4.78, 5) is 11.4. The Morgan fingerprint density at radius 3 is 2.75 bits per heavy atom. The van der Waals surface area contributed by atoms with Crippen molar-refractivity contribution in [2.45, 2.75) is 64.9 Å². The molecular weight excluding hydrogens is 252 g/mol. The van der Waals surface area contributed by atoms with Crippen molar-refractivity contribution in [2.24, 2.45) is 0 Å². The molecule has 112 valence electrons. The monoisotopic (exact) mass is 278 g/mol. The summed E-state index contributed by atoms with van der Waals surface area (Å²) in [6.07, 6.45) is 14.8. The lowest BCUT2D eigenvalue weighted by Gasteiger charge is -2.00. The first-order chi connectivity index (χ1) is 9.83. The van der Waals surface area contributed by atoms with Gasteiger partial charge in [-0.3, -0.25) is 4.79 Å². The van der Waals surface area contributed by atoms with Crippen LogP contribution in [-0.4, -0.2) is 5.97 Å². The average Bonchev–Trinajstić information content (AvgIpc) is 2.96. The second-order valence-electron chi connectivity index (χ2n) is 4.97. The first kappa shape index (κ1) is 16.5. The van der Waals surface area contributed by atoms with Crippen LogP contribution in [-0.2, 0) is 16.1 Å². The second-order valence-corrected chi connectivity index (χ2v) is 4.97. The summed E-state index contributed by atoms with van der Waals surface area (Å²) >= 11 is 0. The largest absolute Gasteiger partial charge is 0.466 e. The Bertz CT molecular complexity index is 366. The third-order valence-electron chi connectivity index (χ3n) is 3.13. The average molecular weight is 278 g/mol. The van der Waals surface area contributed by atoms with E-state index in [9.17, 15) is 4.79 Å². The Labute approximate surface area is 122 Å². The van der Waals surface area contributed by atoms with Crippen molar-refractivity contribution in [1.82, 2.24) is 0 Å². The molecule has 0 unspecified atom stereocenters. The minimum absolute atomic E-state index is 0.208. The molecule has 20 heavy (non-hydrogen) atoms. The van der Waals surface area contributed by atoms with Crippen molar-refractivity contribution >= 4 is 5.97 Å². The fourth-order valence-electron chi connectivity index (χ4n) is 1.95. The van der Waals surface area contributed by atoms with Gasteiger partial charge in [-0.1, -0.05) is 51.2 Å². The van der Waals surface area contributed by atoms with Crippen LogP contribution in [0.1, 0.15) is 64.1 Å². The number of carbonyl (C=O) groups is 1. The molecule has 0 radical (unpaired) electrons. The van der Waals surface area contributed by atoms with Crippen molar-refractivity contribution < 1.29 is 13.9 Å². The summed E-state index contributed by atoms with van der Waals surface area (Å²) in [5.74, 6) is 0.468. The maximum atomic E-state index is 11.4. The molecule has 1 heterocycles. The molecule has 0 N–H and O–H groups in total. The molecule has 0 spiro atoms. The van der Waals surface area contributed by atoms with Gasteiger partial charge in [0.25, 0.3) is 0 Å². The van der Waals surface area contributed by atoms with E-state index >= 15 is 0 Å². The van der Waals surface area contributed by atoms with E-state index in [0.717, 1.165) is 6.42 Å². The highest BCUT2D eigenvalue weighted by Crippen LogP contribution is 2.07. The molecule has 3 heteroatoms. The highest BCUT2D eigenvalue weighted by molar-refractivity contribution is 5.71. The SMILES string of the molecule is CCCCCCCCC=CCC(=O)OCc1ccco1. The van der Waals surface area contributed by atoms with Crippen LogP contribution in [0.3, 0.4) is 0 Å². The predicted molar refractivity (Wildman–Crippen MR) is 80.3 cm³/mol. The number of rotatable bonds is 11. The zero-order valence-electron chi connectivity index (χ0n) is 12.5. The van der Waals surface area contributed by atoms with E-state index in [1.165, 1.54) is 38.5 Å². The van der Waals surface area contributed by atoms with E-state index in [4.69, 9.17) is 9.15 Å². The normalized spacial score (nSPS) is 11.1. The standard InChI is InChI=1S/C17H26O3/c1-2-3-4-5-6-7-8-9-10-13-17(18)20-15-16-12-11-14-19-16/h9-12,14H,2-8,13,15H2,1H3. The van der Waals surface area contributed by atoms with Crippen LogP contribution in [0, 0.1) is 0 Å². The topological polar surface area (TPSA) is 39.4 Å². The summed E-state index contributed by atoms with van der Waals surface area (Å²) in [5.41, 5.74) is 0. The number of unbranched alkanes of at least 4 members (excludes halogenated alkanes) is 6. The van der Waals surface area contributed by atoms with Crippen LogP contribution in [0.15, 0.2) is 35.0 Å². The molecule has 0 aliphatic heterocycles. The second kappa shape index (κ2) is 11.3. The van der Waals surface area contributed by atoms with Crippen LogP contribution >= 0.6 is 0 Å². The Morgan fingerprint density at radius 1 is 1.20 bits per heavy atom.